The predicted molar refractivity (Wildman–Crippen MR) is 113 cm³/mol. The number of esters is 1. The Morgan fingerprint density at radius 3 is 1.61 bits per heavy atom. The Morgan fingerprint density at radius 2 is 1.14 bits per heavy atom. The van der Waals surface area contributed by atoms with Gasteiger partial charge in [0, 0.05) is 45.1 Å². The van der Waals surface area contributed by atoms with Gasteiger partial charge in [-0.2, -0.15) is 0 Å². The second-order valence-electron chi connectivity index (χ2n) is 7.52. The first-order valence-corrected chi connectivity index (χ1v) is 9.32. The lowest BCUT2D eigenvalue weighted by Gasteiger charge is -2.28. The van der Waals surface area contributed by atoms with Gasteiger partial charge in [0.25, 0.3) is 0 Å². The maximum absolute atomic E-state index is 13.3. The van der Waals surface area contributed by atoms with Crippen LogP contribution in [0.1, 0.15) is 16.7 Å². The van der Waals surface area contributed by atoms with Gasteiger partial charge in [-0.1, -0.05) is 42.5 Å². The zero-order valence-corrected chi connectivity index (χ0v) is 16.6. The van der Waals surface area contributed by atoms with Gasteiger partial charge in [-0.05, 0) is 41.5 Å². The third-order valence-corrected chi connectivity index (χ3v) is 5.43. The predicted octanol–water partition coefficient (Wildman–Crippen LogP) is 4.07. The van der Waals surface area contributed by atoms with Crippen LogP contribution in [0.4, 0.5) is 11.4 Å². The van der Waals surface area contributed by atoms with Crippen LogP contribution in [0.15, 0.2) is 72.8 Å². The lowest BCUT2D eigenvalue weighted by molar-refractivity contribution is -0.135. The standard InChI is InChI=1S/C24H24N2O2/c1-25(2)19-13-9-17(10-14-19)24(18-11-15-20(16-12-18)26(3)4)21-7-5-6-8-22(21)28-23(24)27/h5-16H,1-4H3. The highest BCUT2D eigenvalue weighted by Crippen LogP contribution is 2.49. The highest BCUT2D eigenvalue weighted by molar-refractivity contribution is 5.98. The third-order valence-electron chi connectivity index (χ3n) is 5.43. The SMILES string of the molecule is CN(C)c1ccc(C2(c3ccc(N(C)C)cc3)C(=O)Oc3ccccc32)cc1. The minimum atomic E-state index is -0.966. The first-order chi connectivity index (χ1) is 13.4. The Balaban J connectivity index is 1.96. The van der Waals surface area contributed by atoms with Crippen LogP contribution in [-0.2, 0) is 10.2 Å². The van der Waals surface area contributed by atoms with E-state index in [1.807, 2.05) is 111 Å². The molecule has 0 spiro atoms. The summed E-state index contributed by atoms with van der Waals surface area (Å²) in [6, 6.07) is 24.0. The van der Waals surface area contributed by atoms with E-state index in [0.29, 0.717) is 5.75 Å². The van der Waals surface area contributed by atoms with Gasteiger partial charge < -0.3 is 14.5 Å². The summed E-state index contributed by atoms with van der Waals surface area (Å²) in [5.41, 5.74) is 3.90. The summed E-state index contributed by atoms with van der Waals surface area (Å²) in [6.45, 7) is 0. The summed E-state index contributed by atoms with van der Waals surface area (Å²) < 4.78 is 5.73. The number of hydrogen-bond donors (Lipinski definition) is 0. The molecule has 0 amide bonds. The fourth-order valence-corrected chi connectivity index (χ4v) is 3.88. The van der Waals surface area contributed by atoms with Crippen LogP contribution >= 0.6 is 0 Å². The number of rotatable bonds is 4. The summed E-state index contributed by atoms with van der Waals surface area (Å²) in [4.78, 5) is 17.4. The molecule has 0 fully saturated rings. The fourth-order valence-electron chi connectivity index (χ4n) is 3.88. The number of carbonyl (C=O) groups excluding carboxylic acids is 1. The number of hydrogen-bond acceptors (Lipinski definition) is 4. The van der Waals surface area contributed by atoms with Crippen molar-refractivity contribution in [2.45, 2.75) is 5.41 Å². The van der Waals surface area contributed by atoms with Crippen molar-refractivity contribution in [3.63, 3.8) is 0 Å². The van der Waals surface area contributed by atoms with Crippen molar-refractivity contribution in [3.05, 3.63) is 89.5 Å². The smallest absolute Gasteiger partial charge is 0.331 e. The highest BCUT2D eigenvalue weighted by Gasteiger charge is 2.51. The zero-order chi connectivity index (χ0) is 19.9. The van der Waals surface area contributed by atoms with Gasteiger partial charge in [-0.15, -0.1) is 0 Å². The molecule has 0 saturated carbocycles. The van der Waals surface area contributed by atoms with Crippen LogP contribution in [-0.4, -0.2) is 34.2 Å². The topological polar surface area (TPSA) is 32.8 Å². The molecule has 0 aromatic heterocycles. The molecule has 1 aliphatic rings. The largest absolute Gasteiger partial charge is 0.425 e. The van der Waals surface area contributed by atoms with Crippen LogP contribution in [0.3, 0.4) is 0 Å². The first kappa shape index (κ1) is 18.1. The van der Waals surface area contributed by atoms with Gasteiger partial charge in [0.15, 0.2) is 0 Å². The Kier molecular flexibility index (Phi) is 4.34. The number of fused-ring (bicyclic) bond motifs is 1. The monoisotopic (exact) mass is 372 g/mol. The molecule has 4 rings (SSSR count). The van der Waals surface area contributed by atoms with Crippen LogP contribution in [0.2, 0.25) is 0 Å². The van der Waals surface area contributed by atoms with Crippen molar-refractivity contribution >= 4 is 17.3 Å². The summed E-state index contributed by atoms with van der Waals surface area (Å²) in [7, 11) is 8.02. The molecule has 1 heterocycles. The van der Waals surface area contributed by atoms with Gasteiger partial charge in [0.1, 0.15) is 11.2 Å². The van der Waals surface area contributed by atoms with Crippen LogP contribution in [0.25, 0.3) is 0 Å². The van der Waals surface area contributed by atoms with Crippen molar-refractivity contribution in [2.75, 3.05) is 38.0 Å². The molecule has 28 heavy (non-hydrogen) atoms. The second-order valence-corrected chi connectivity index (χ2v) is 7.52. The maximum Gasteiger partial charge on any atom is 0.331 e. The molecule has 0 aliphatic carbocycles. The second kappa shape index (κ2) is 6.71. The molecule has 4 nitrogen and oxygen atoms in total. The number of anilines is 2. The summed E-state index contributed by atoms with van der Waals surface area (Å²) in [5.74, 6) is 0.366. The van der Waals surface area contributed by atoms with E-state index in [4.69, 9.17) is 4.74 Å². The van der Waals surface area contributed by atoms with Crippen LogP contribution < -0.4 is 14.5 Å². The van der Waals surface area contributed by atoms with E-state index in [9.17, 15) is 4.79 Å². The molecule has 1 aliphatic heterocycles. The maximum atomic E-state index is 13.3. The Bertz CT molecular complexity index is 954. The molecule has 3 aromatic rings. The van der Waals surface area contributed by atoms with Gasteiger partial charge in [0.05, 0.1) is 0 Å². The Morgan fingerprint density at radius 1 is 0.679 bits per heavy atom. The lowest BCUT2D eigenvalue weighted by Crippen LogP contribution is -2.36. The third kappa shape index (κ3) is 2.64. The number of benzene rings is 3. The normalized spacial score (nSPS) is 14.4. The quantitative estimate of drug-likeness (QED) is 0.510. The number of nitrogens with zero attached hydrogens (tertiary/aromatic N) is 2. The van der Waals surface area contributed by atoms with Gasteiger partial charge in [0.2, 0.25) is 0 Å². The zero-order valence-electron chi connectivity index (χ0n) is 16.6. The van der Waals surface area contributed by atoms with E-state index in [1.54, 1.807) is 0 Å². The van der Waals surface area contributed by atoms with Crippen molar-refractivity contribution in [1.82, 2.24) is 0 Å². The molecule has 0 bridgehead atoms. The molecule has 0 unspecified atom stereocenters. The molecule has 142 valence electrons. The summed E-state index contributed by atoms with van der Waals surface area (Å²) in [5, 5.41) is 0. The molecular weight excluding hydrogens is 348 g/mol. The van der Waals surface area contributed by atoms with E-state index >= 15 is 0 Å². The summed E-state index contributed by atoms with van der Waals surface area (Å²) >= 11 is 0. The van der Waals surface area contributed by atoms with Gasteiger partial charge in [-0.25, -0.2) is 4.79 Å². The van der Waals surface area contributed by atoms with Crippen molar-refractivity contribution in [1.29, 1.82) is 0 Å². The number of carbonyl (C=O) groups is 1. The van der Waals surface area contributed by atoms with Crippen molar-refractivity contribution < 1.29 is 9.53 Å². The van der Waals surface area contributed by atoms with E-state index < -0.39 is 5.41 Å². The molecule has 4 heteroatoms. The molecule has 0 atom stereocenters. The van der Waals surface area contributed by atoms with Crippen molar-refractivity contribution in [2.24, 2.45) is 0 Å². The minimum absolute atomic E-state index is 0.260. The molecule has 0 saturated heterocycles. The Labute approximate surface area is 166 Å². The molecule has 0 radical (unpaired) electrons. The van der Waals surface area contributed by atoms with Gasteiger partial charge >= 0.3 is 5.97 Å². The van der Waals surface area contributed by atoms with Crippen LogP contribution in [0.5, 0.6) is 5.75 Å². The minimum Gasteiger partial charge on any atom is -0.425 e. The molecule has 0 N–H and O–H groups in total. The van der Waals surface area contributed by atoms with E-state index in [-0.39, 0.29) is 5.97 Å². The average Bonchev–Trinajstić information content (AvgIpc) is 3.00. The first-order valence-electron chi connectivity index (χ1n) is 9.32. The molecule has 3 aromatic carbocycles. The van der Waals surface area contributed by atoms with Crippen molar-refractivity contribution in [3.8, 4) is 5.75 Å². The van der Waals surface area contributed by atoms with E-state index in [1.165, 1.54) is 0 Å². The summed E-state index contributed by atoms with van der Waals surface area (Å²) in [6.07, 6.45) is 0. The fraction of sp³-hybridized carbons (Fsp3) is 0.208. The van der Waals surface area contributed by atoms with E-state index in [0.717, 1.165) is 28.1 Å². The molecular formula is C24H24N2O2. The number of para-hydroxylation sites is 1. The van der Waals surface area contributed by atoms with Gasteiger partial charge in [-0.3, -0.25) is 0 Å². The van der Waals surface area contributed by atoms with E-state index in [2.05, 4.69) is 0 Å². The number of ether oxygens (including phenoxy) is 1. The van der Waals surface area contributed by atoms with Crippen LogP contribution in [0, 0.1) is 0 Å². The highest BCUT2D eigenvalue weighted by atomic mass is 16.5. The average molecular weight is 372 g/mol. The Hall–Kier alpha value is -3.27. The lowest BCUT2D eigenvalue weighted by atomic mass is 9.70.